The summed E-state index contributed by atoms with van der Waals surface area (Å²) in [4.78, 5) is 15.2. The Morgan fingerprint density at radius 3 is 2.52 bits per heavy atom. The number of carbonyl (C=O) groups excluding carboxylic acids is 1. The molecule has 0 atom stereocenters. The molecular weight excluding hydrogens is 434 g/mol. The quantitative estimate of drug-likeness (QED) is 0.413. The van der Waals surface area contributed by atoms with Crippen LogP contribution in [-0.4, -0.2) is 17.4 Å². The highest BCUT2D eigenvalue weighted by molar-refractivity contribution is 6.31. The molecule has 3 aromatic rings. The molecule has 5 heteroatoms. The summed E-state index contributed by atoms with van der Waals surface area (Å²) < 4.78 is 12.1. The average Bonchev–Trinajstić information content (AvgIpc) is 3.11. The second-order valence-electron chi connectivity index (χ2n) is 9.58. The van der Waals surface area contributed by atoms with Crippen LogP contribution in [0.25, 0.3) is 6.08 Å². The van der Waals surface area contributed by atoms with Crippen LogP contribution in [0.5, 0.6) is 11.5 Å². The summed E-state index contributed by atoms with van der Waals surface area (Å²) in [6, 6.07) is 19.7. The van der Waals surface area contributed by atoms with Crippen molar-refractivity contribution in [3.8, 4) is 11.5 Å². The van der Waals surface area contributed by atoms with E-state index in [-0.39, 0.29) is 11.2 Å². The fourth-order valence-electron chi connectivity index (χ4n) is 4.20. The Morgan fingerprint density at radius 1 is 1.03 bits per heavy atom. The second kappa shape index (κ2) is 8.36. The van der Waals surface area contributed by atoms with Gasteiger partial charge < -0.3 is 9.47 Å². The van der Waals surface area contributed by atoms with Crippen LogP contribution >= 0.6 is 11.6 Å². The lowest BCUT2D eigenvalue weighted by Crippen LogP contribution is -2.31. The van der Waals surface area contributed by atoms with Gasteiger partial charge in [0.1, 0.15) is 18.2 Å². The van der Waals surface area contributed by atoms with Crippen molar-refractivity contribution in [1.82, 2.24) is 4.90 Å². The molecule has 0 aliphatic carbocycles. The highest BCUT2D eigenvalue weighted by atomic mass is 35.5. The van der Waals surface area contributed by atoms with E-state index in [9.17, 15) is 4.79 Å². The Bertz CT molecular complexity index is 1260. The number of rotatable bonds is 3. The highest BCUT2D eigenvalue weighted by Gasteiger charge is 2.33. The lowest BCUT2D eigenvalue weighted by molar-refractivity contribution is 0.0873. The third-order valence-electron chi connectivity index (χ3n) is 6.11. The summed E-state index contributed by atoms with van der Waals surface area (Å²) in [7, 11) is 0. The number of ketones is 1. The third kappa shape index (κ3) is 4.29. The zero-order valence-corrected chi connectivity index (χ0v) is 19.8. The topological polar surface area (TPSA) is 38.8 Å². The largest absolute Gasteiger partial charge is 0.478 e. The zero-order chi connectivity index (χ0) is 23.2. The Morgan fingerprint density at radius 2 is 1.79 bits per heavy atom. The van der Waals surface area contributed by atoms with Gasteiger partial charge >= 0.3 is 0 Å². The van der Waals surface area contributed by atoms with Gasteiger partial charge in [0.15, 0.2) is 5.76 Å². The molecule has 0 spiro atoms. The summed E-state index contributed by atoms with van der Waals surface area (Å²) in [6.07, 6.45) is 1.81. The van der Waals surface area contributed by atoms with E-state index in [1.165, 1.54) is 5.56 Å². The van der Waals surface area contributed by atoms with Crippen LogP contribution < -0.4 is 9.47 Å². The third-order valence-corrected chi connectivity index (χ3v) is 6.48. The summed E-state index contributed by atoms with van der Waals surface area (Å²) in [6.45, 7) is 8.26. The summed E-state index contributed by atoms with van der Waals surface area (Å²) in [5.74, 6) is 1.59. The number of nitrogens with zero attached hydrogens (tertiary/aromatic N) is 1. The molecule has 2 heterocycles. The maximum Gasteiger partial charge on any atom is 0.231 e. The number of carbonyl (C=O) groups is 1. The summed E-state index contributed by atoms with van der Waals surface area (Å²) in [5, 5.41) is 0.732. The number of ether oxygens (including phenoxy) is 2. The first kappa shape index (κ1) is 21.7. The van der Waals surface area contributed by atoms with Crippen molar-refractivity contribution < 1.29 is 14.3 Å². The van der Waals surface area contributed by atoms with Crippen LogP contribution in [0.15, 0.2) is 66.4 Å². The first-order valence-electron chi connectivity index (χ1n) is 11.1. The lowest BCUT2D eigenvalue weighted by atomic mass is 9.86. The predicted molar refractivity (Wildman–Crippen MR) is 131 cm³/mol. The van der Waals surface area contributed by atoms with E-state index in [1.807, 2.05) is 48.5 Å². The molecule has 0 amide bonds. The first-order valence-corrected chi connectivity index (χ1v) is 11.5. The SMILES string of the molecule is CC(C)(C)c1ccc(/C=C2\Oc3c(ccc4c3CN(Cc3ccccc3Cl)CO4)C2=O)cc1. The van der Waals surface area contributed by atoms with Gasteiger partial charge in [-0.15, -0.1) is 0 Å². The molecule has 2 aliphatic rings. The van der Waals surface area contributed by atoms with E-state index in [2.05, 4.69) is 37.8 Å². The fraction of sp³-hybridized carbons (Fsp3) is 0.250. The van der Waals surface area contributed by atoms with Gasteiger partial charge in [0, 0.05) is 18.1 Å². The van der Waals surface area contributed by atoms with Crippen LogP contribution in [0.4, 0.5) is 0 Å². The minimum atomic E-state index is -0.101. The number of hydrogen-bond acceptors (Lipinski definition) is 4. The maximum atomic E-state index is 13.1. The van der Waals surface area contributed by atoms with Crippen molar-refractivity contribution in [3.63, 3.8) is 0 Å². The van der Waals surface area contributed by atoms with Gasteiger partial charge in [-0.2, -0.15) is 0 Å². The van der Waals surface area contributed by atoms with E-state index in [4.69, 9.17) is 21.1 Å². The van der Waals surface area contributed by atoms with Gasteiger partial charge in [0.05, 0.1) is 11.1 Å². The number of Topliss-reactive ketones (excluding diaryl/α,β-unsaturated/α-hetero) is 1. The van der Waals surface area contributed by atoms with Gasteiger partial charge in [0.25, 0.3) is 0 Å². The molecule has 4 nitrogen and oxygen atoms in total. The number of hydrogen-bond donors (Lipinski definition) is 0. The molecule has 168 valence electrons. The molecule has 2 aliphatic heterocycles. The van der Waals surface area contributed by atoms with Crippen LogP contribution in [-0.2, 0) is 18.5 Å². The number of halogens is 1. The van der Waals surface area contributed by atoms with Crippen molar-refractivity contribution in [2.45, 2.75) is 39.3 Å². The molecule has 33 heavy (non-hydrogen) atoms. The highest BCUT2D eigenvalue weighted by Crippen LogP contribution is 2.42. The molecule has 0 saturated heterocycles. The smallest absolute Gasteiger partial charge is 0.231 e. The monoisotopic (exact) mass is 459 g/mol. The van der Waals surface area contributed by atoms with Crippen LogP contribution in [0.3, 0.4) is 0 Å². The minimum Gasteiger partial charge on any atom is -0.478 e. The Balaban J connectivity index is 1.40. The molecule has 0 unspecified atom stereocenters. The molecule has 0 radical (unpaired) electrons. The van der Waals surface area contributed by atoms with E-state index in [1.54, 1.807) is 6.07 Å². The molecule has 0 N–H and O–H groups in total. The van der Waals surface area contributed by atoms with E-state index >= 15 is 0 Å². The maximum absolute atomic E-state index is 13.1. The molecule has 0 bridgehead atoms. The van der Waals surface area contributed by atoms with Crippen molar-refractivity contribution in [1.29, 1.82) is 0 Å². The molecular formula is C28H26ClNO3. The molecule has 0 fully saturated rings. The fourth-order valence-corrected chi connectivity index (χ4v) is 4.40. The van der Waals surface area contributed by atoms with Crippen LogP contribution in [0.2, 0.25) is 5.02 Å². The van der Waals surface area contributed by atoms with Crippen molar-refractivity contribution in [3.05, 3.63) is 99.3 Å². The molecule has 5 rings (SSSR count). The normalized spacial score (nSPS) is 16.8. The van der Waals surface area contributed by atoms with Crippen molar-refractivity contribution >= 4 is 23.5 Å². The lowest BCUT2D eigenvalue weighted by Gasteiger charge is -2.30. The van der Waals surface area contributed by atoms with Gasteiger partial charge in [-0.25, -0.2) is 0 Å². The van der Waals surface area contributed by atoms with E-state index < -0.39 is 0 Å². The standard InChI is InChI=1S/C28H26ClNO3/c1-28(2,3)20-10-8-18(9-11-20)14-25-26(31)21-12-13-24-22(27(21)33-25)16-30(17-32-24)15-19-6-4-5-7-23(19)29/h4-14H,15-17H2,1-3H3/b25-14-. The Kier molecular flexibility index (Phi) is 5.51. The molecule has 0 aromatic heterocycles. The molecule has 3 aromatic carbocycles. The first-order chi connectivity index (χ1) is 15.8. The minimum absolute atomic E-state index is 0.0799. The van der Waals surface area contributed by atoms with Crippen LogP contribution in [0.1, 0.15) is 53.4 Å². The van der Waals surface area contributed by atoms with Gasteiger partial charge in [-0.3, -0.25) is 9.69 Å². The van der Waals surface area contributed by atoms with Crippen LogP contribution in [0, 0.1) is 0 Å². The zero-order valence-electron chi connectivity index (χ0n) is 19.0. The second-order valence-corrected chi connectivity index (χ2v) is 9.99. The summed E-state index contributed by atoms with van der Waals surface area (Å²) >= 11 is 6.34. The number of fused-ring (bicyclic) bond motifs is 3. The Labute approximate surface area is 199 Å². The number of allylic oxidation sites excluding steroid dienone is 1. The van der Waals surface area contributed by atoms with E-state index in [0.29, 0.717) is 36.9 Å². The van der Waals surface area contributed by atoms with Crippen molar-refractivity contribution in [2.24, 2.45) is 0 Å². The van der Waals surface area contributed by atoms with Gasteiger partial charge in [-0.05, 0) is 46.4 Å². The molecule has 0 saturated carbocycles. The van der Waals surface area contributed by atoms with Gasteiger partial charge in [-0.1, -0.05) is 74.8 Å². The average molecular weight is 460 g/mol. The van der Waals surface area contributed by atoms with Crippen molar-refractivity contribution in [2.75, 3.05) is 6.73 Å². The Hall–Kier alpha value is -3.08. The van der Waals surface area contributed by atoms with E-state index in [0.717, 1.165) is 27.5 Å². The summed E-state index contributed by atoms with van der Waals surface area (Å²) in [5.41, 5.74) is 4.77. The predicted octanol–water partition coefficient (Wildman–Crippen LogP) is 6.61. The van der Waals surface area contributed by atoms with Gasteiger partial charge in [0.2, 0.25) is 5.78 Å². The number of benzene rings is 3.